The zero-order valence-electron chi connectivity index (χ0n) is 5.16. The van der Waals surface area contributed by atoms with E-state index in [-0.39, 0.29) is 38.4 Å². The van der Waals surface area contributed by atoms with Crippen molar-refractivity contribution < 1.29 is 10.2 Å². The number of phenolic OH excluding ortho intramolecular Hbond substituents is 2. The Balaban J connectivity index is 0.000000405. The molecule has 1 atom stereocenters. The van der Waals surface area contributed by atoms with E-state index in [2.05, 4.69) is 0 Å². The van der Waals surface area contributed by atoms with Crippen molar-refractivity contribution in [3.63, 3.8) is 0 Å². The predicted molar refractivity (Wildman–Crippen MR) is 50.2 cm³/mol. The lowest BCUT2D eigenvalue weighted by Gasteiger charge is -1.82. The maximum atomic E-state index is 8.82. The summed E-state index contributed by atoms with van der Waals surface area (Å²) in [4.78, 5) is 0. The van der Waals surface area contributed by atoms with Gasteiger partial charge in [0, 0.05) is 5.56 Å². The third-order valence-corrected chi connectivity index (χ3v) is 1.32. The molecule has 0 fully saturated rings. The fourth-order valence-corrected chi connectivity index (χ4v) is 0.798. The van der Waals surface area contributed by atoms with Crippen LogP contribution in [0.1, 0.15) is 0 Å². The molecule has 2 aliphatic rings. The summed E-state index contributed by atoms with van der Waals surface area (Å²) in [5, 5.41) is 17.5. The second-order valence-corrected chi connectivity index (χ2v) is 1.89. The van der Waals surface area contributed by atoms with Gasteiger partial charge >= 0.3 is 0 Å². The molecule has 0 aromatic carbocycles. The molecule has 0 aliphatic heterocycles. The molecule has 0 aromatic heterocycles. The highest BCUT2D eigenvalue weighted by Crippen LogP contribution is 2.49. The monoisotopic (exact) mass is 222 g/mol. The van der Waals surface area contributed by atoms with Gasteiger partial charge in [-0.05, 0) is 17.7 Å². The number of hydrogen-bond donors (Lipinski definition) is 2. The molecule has 0 radical (unpaired) electrons. The van der Waals surface area contributed by atoms with Gasteiger partial charge in [-0.1, -0.05) is 0 Å². The van der Waals surface area contributed by atoms with Gasteiger partial charge in [0.25, 0.3) is 0 Å². The summed E-state index contributed by atoms with van der Waals surface area (Å²) in [5.41, 5.74) is 1.75. The van der Waals surface area contributed by atoms with Crippen LogP contribution in [0.25, 0.3) is 11.1 Å². The van der Waals surface area contributed by atoms with Crippen molar-refractivity contribution in [3.05, 3.63) is 12.1 Å². The molecule has 0 saturated heterocycles. The zero-order chi connectivity index (χ0) is 5.72. The Bertz CT molecular complexity index is 262. The van der Waals surface area contributed by atoms with E-state index in [0.29, 0.717) is 0 Å². The van der Waals surface area contributed by atoms with E-state index in [4.69, 9.17) is 10.2 Å². The van der Waals surface area contributed by atoms with Gasteiger partial charge < -0.3 is 10.2 Å². The van der Waals surface area contributed by atoms with Crippen molar-refractivity contribution in [2.75, 3.05) is 0 Å². The molecular weight excluding hydrogens is 215 g/mol. The SMILES string of the molecule is Br.Oc1cc2cc-2c1O.P. The summed E-state index contributed by atoms with van der Waals surface area (Å²) in [6.45, 7) is 0. The molecule has 0 aromatic rings. The number of rotatable bonds is 0. The number of phenols is 2. The van der Waals surface area contributed by atoms with Gasteiger partial charge in [-0.25, -0.2) is 0 Å². The molecule has 0 saturated carbocycles. The predicted octanol–water partition coefficient (Wildman–Crippen LogP) is 1.71. The number of aromatic hydroxyl groups is 2. The summed E-state index contributed by atoms with van der Waals surface area (Å²) in [5.74, 6) is 0.0255. The Labute approximate surface area is 72.3 Å². The largest absolute Gasteiger partial charge is 0.504 e. The van der Waals surface area contributed by atoms with Crippen molar-refractivity contribution in [1.29, 1.82) is 0 Å². The zero-order valence-corrected chi connectivity index (χ0v) is 8.29. The van der Waals surface area contributed by atoms with E-state index in [1.54, 1.807) is 6.07 Å². The van der Waals surface area contributed by atoms with E-state index in [9.17, 15) is 0 Å². The molecule has 2 nitrogen and oxygen atoms in total. The molecule has 2 rings (SSSR count). The molecular formula is C6H8BrO2P. The average molecular weight is 223 g/mol. The minimum Gasteiger partial charge on any atom is -0.504 e. The minimum atomic E-state index is -0.00231. The lowest BCUT2D eigenvalue weighted by molar-refractivity contribution is 0.409. The van der Waals surface area contributed by atoms with E-state index < -0.39 is 0 Å². The molecule has 4 heteroatoms. The van der Waals surface area contributed by atoms with Crippen molar-refractivity contribution in [3.8, 4) is 22.6 Å². The van der Waals surface area contributed by atoms with Crippen LogP contribution in [0.15, 0.2) is 12.1 Å². The molecule has 10 heavy (non-hydrogen) atoms. The molecule has 0 bridgehead atoms. The Morgan fingerprint density at radius 3 is 1.90 bits per heavy atom. The second kappa shape index (κ2) is 2.77. The Morgan fingerprint density at radius 1 is 1.10 bits per heavy atom. The van der Waals surface area contributed by atoms with Crippen molar-refractivity contribution in [1.82, 2.24) is 0 Å². The molecule has 1 unspecified atom stereocenters. The third kappa shape index (κ3) is 1.11. The highest BCUT2D eigenvalue weighted by Gasteiger charge is 2.21. The third-order valence-electron chi connectivity index (χ3n) is 1.32. The van der Waals surface area contributed by atoms with Crippen LogP contribution in [0.4, 0.5) is 0 Å². The van der Waals surface area contributed by atoms with Gasteiger partial charge in [0.1, 0.15) is 0 Å². The first kappa shape index (κ1) is 9.73. The smallest absolute Gasteiger partial charge is 0.165 e. The first-order chi connectivity index (χ1) is 3.79. The topological polar surface area (TPSA) is 40.5 Å². The van der Waals surface area contributed by atoms with E-state index in [0.717, 1.165) is 11.1 Å². The summed E-state index contributed by atoms with van der Waals surface area (Å²) in [6.07, 6.45) is 0. The molecule has 0 spiro atoms. The van der Waals surface area contributed by atoms with Gasteiger partial charge in [-0.3, -0.25) is 0 Å². The van der Waals surface area contributed by atoms with Crippen molar-refractivity contribution >= 4 is 26.9 Å². The van der Waals surface area contributed by atoms with E-state index in [1.165, 1.54) is 0 Å². The van der Waals surface area contributed by atoms with Crippen LogP contribution >= 0.6 is 26.9 Å². The minimum absolute atomic E-state index is 0. The standard InChI is InChI=1S/C6H4O2.BrH.H3P/c7-5-2-3-1-4(3)6(5)8;;/h1-2,7-8H;1H;1H3. The highest BCUT2D eigenvalue weighted by molar-refractivity contribution is 8.93. The molecule has 0 amide bonds. The number of benzene rings is 1. The van der Waals surface area contributed by atoms with Crippen LogP contribution in [0.2, 0.25) is 0 Å². The van der Waals surface area contributed by atoms with Crippen LogP contribution in [-0.2, 0) is 0 Å². The van der Waals surface area contributed by atoms with Crippen LogP contribution in [0.3, 0.4) is 0 Å². The highest BCUT2D eigenvalue weighted by atomic mass is 79.9. The van der Waals surface area contributed by atoms with Crippen LogP contribution in [0, 0.1) is 0 Å². The summed E-state index contributed by atoms with van der Waals surface area (Å²) in [7, 11) is 0. The number of hydrogen-bond acceptors (Lipinski definition) is 2. The second-order valence-electron chi connectivity index (χ2n) is 1.89. The number of fused-ring (bicyclic) bond motifs is 1. The Kier molecular flexibility index (Phi) is 2.69. The van der Waals surface area contributed by atoms with Crippen LogP contribution in [-0.4, -0.2) is 10.2 Å². The summed E-state index contributed by atoms with van der Waals surface area (Å²) >= 11 is 0. The maximum Gasteiger partial charge on any atom is 0.165 e. The normalized spacial score (nSPS) is 9.20. The van der Waals surface area contributed by atoms with Gasteiger partial charge in [-0.15, -0.1) is 17.0 Å². The molecule has 0 heterocycles. The van der Waals surface area contributed by atoms with Gasteiger partial charge in [0.05, 0.1) is 0 Å². The molecule has 2 N–H and O–H groups in total. The lowest BCUT2D eigenvalue weighted by atomic mass is 10.5. The van der Waals surface area contributed by atoms with E-state index >= 15 is 0 Å². The average Bonchev–Trinajstić information content (AvgIpc) is 2.39. The van der Waals surface area contributed by atoms with Crippen LogP contribution < -0.4 is 0 Å². The van der Waals surface area contributed by atoms with Gasteiger partial charge in [0.15, 0.2) is 11.5 Å². The Morgan fingerprint density at radius 2 is 1.70 bits per heavy atom. The van der Waals surface area contributed by atoms with Gasteiger partial charge in [0.2, 0.25) is 0 Å². The lowest BCUT2D eigenvalue weighted by Crippen LogP contribution is -1.52. The number of halogens is 1. The van der Waals surface area contributed by atoms with Crippen molar-refractivity contribution in [2.45, 2.75) is 0 Å². The maximum absolute atomic E-state index is 8.82. The molecule has 2 aliphatic carbocycles. The van der Waals surface area contributed by atoms with Gasteiger partial charge in [-0.2, -0.15) is 9.90 Å². The Hall–Kier alpha value is -0.270. The molecule has 56 valence electrons. The van der Waals surface area contributed by atoms with Crippen molar-refractivity contribution in [2.24, 2.45) is 0 Å². The van der Waals surface area contributed by atoms with Crippen LogP contribution in [0.5, 0.6) is 11.5 Å². The first-order valence-corrected chi connectivity index (χ1v) is 2.35. The summed E-state index contributed by atoms with van der Waals surface area (Å²) in [6, 6.07) is 3.36. The van der Waals surface area contributed by atoms with E-state index in [1.807, 2.05) is 6.07 Å². The first-order valence-electron chi connectivity index (χ1n) is 2.35. The summed E-state index contributed by atoms with van der Waals surface area (Å²) < 4.78 is 0. The fourth-order valence-electron chi connectivity index (χ4n) is 0.798. The fraction of sp³-hybridized carbons (Fsp3) is 0. The quantitative estimate of drug-likeness (QED) is 0.527.